The Bertz CT molecular complexity index is 183. The molecule has 0 fully saturated rings. The van der Waals surface area contributed by atoms with Gasteiger partial charge in [0.15, 0.2) is 0 Å². The maximum Gasteiger partial charge on any atom is 0.215 e. The van der Waals surface area contributed by atoms with E-state index < -0.39 is 15.3 Å². The molecule has 76 valence electrons. The third kappa shape index (κ3) is 3.82. The molecule has 0 aliphatic carbocycles. The predicted octanol–water partition coefficient (Wildman–Crippen LogP) is 1.35. The molecule has 0 saturated heterocycles. The Hall–Kier alpha value is -1.20. The Labute approximate surface area is 76.2 Å². The molecule has 0 amide bonds. The first-order chi connectivity index (χ1) is 5.95. The summed E-state index contributed by atoms with van der Waals surface area (Å²) in [6.07, 6.45) is 0.928. The Morgan fingerprint density at radius 3 is 1.46 bits per heavy atom. The molecule has 0 saturated carbocycles. The molecule has 0 aromatic rings. The minimum atomic E-state index is -0.771. The third-order valence-corrected chi connectivity index (χ3v) is 2.43. The van der Waals surface area contributed by atoms with Crippen LogP contribution in [0.3, 0.4) is 0 Å². The van der Waals surface area contributed by atoms with Gasteiger partial charge in [-0.25, -0.2) is 0 Å². The van der Waals surface area contributed by atoms with Crippen molar-refractivity contribution >= 4 is 0 Å². The first kappa shape index (κ1) is 11.8. The van der Waals surface area contributed by atoms with E-state index in [0.717, 1.165) is 0 Å². The molecule has 0 rings (SSSR count). The monoisotopic (exact) mass is 190 g/mol. The summed E-state index contributed by atoms with van der Waals surface area (Å²) in [5, 5.41) is 20.6. The summed E-state index contributed by atoms with van der Waals surface area (Å²) >= 11 is 0. The Kier molecular flexibility index (Phi) is 4.30. The minimum Gasteiger partial charge on any atom is -0.265 e. The fourth-order valence-corrected chi connectivity index (χ4v) is 1.29. The van der Waals surface area contributed by atoms with E-state index in [2.05, 4.69) is 0 Å². The Balaban J connectivity index is 4.48. The second-order valence-electron chi connectivity index (χ2n) is 3.19. The molecule has 6 heteroatoms. The standard InChI is InChI=1S/C7H14N2O4/c1-3-7(4-2,5-8(10)11)6-9(12)13/h3-6H2,1-2H3. The zero-order valence-electron chi connectivity index (χ0n) is 7.86. The van der Waals surface area contributed by atoms with Gasteiger partial charge < -0.3 is 0 Å². The van der Waals surface area contributed by atoms with Crippen LogP contribution >= 0.6 is 0 Å². The molecule has 6 nitrogen and oxygen atoms in total. The van der Waals surface area contributed by atoms with Crippen LogP contribution in [0.25, 0.3) is 0 Å². The van der Waals surface area contributed by atoms with Gasteiger partial charge in [0, 0.05) is 9.85 Å². The molecule has 0 radical (unpaired) electrons. The van der Waals surface area contributed by atoms with E-state index in [9.17, 15) is 20.2 Å². The second-order valence-corrected chi connectivity index (χ2v) is 3.19. The van der Waals surface area contributed by atoms with Gasteiger partial charge in [0.05, 0.1) is 5.41 Å². The van der Waals surface area contributed by atoms with Crippen LogP contribution in [0, 0.1) is 25.6 Å². The van der Waals surface area contributed by atoms with Gasteiger partial charge >= 0.3 is 0 Å². The van der Waals surface area contributed by atoms with Crippen LogP contribution in [0.5, 0.6) is 0 Å². The smallest absolute Gasteiger partial charge is 0.215 e. The SMILES string of the molecule is CCC(CC)(C[N+](=O)[O-])C[N+](=O)[O-]. The number of rotatable bonds is 6. The van der Waals surface area contributed by atoms with Crippen molar-refractivity contribution in [3.8, 4) is 0 Å². The molecular weight excluding hydrogens is 176 g/mol. The third-order valence-electron chi connectivity index (χ3n) is 2.43. The number of hydrogen-bond donors (Lipinski definition) is 0. The van der Waals surface area contributed by atoms with Crippen LogP contribution in [-0.2, 0) is 0 Å². The molecule has 0 aliphatic rings. The highest BCUT2D eigenvalue weighted by atomic mass is 16.6. The number of nitrogens with zero attached hydrogens (tertiary/aromatic N) is 2. The average molecular weight is 190 g/mol. The van der Waals surface area contributed by atoms with Crippen LogP contribution in [0.2, 0.25) is 0 Å². The highest BCUT2D eigenvalue weighted by Crippen LogP contribution is 2.26. The molecule has 0 heterocycles. The van der Waals surface area contributed by atoms with E-state index in [1.807, 2.05) is 0 Å². The van der Waals surface area contributed by atoms with Gasteiger partial charge in [-0.2, -0.15) is 0 Å². The first-order valence-electron chi connectivity index (χ1n) is 4.19. The molecule has 0 bridgehead atoms. The summed E-state index contributed by atoms with van der Waals surface area (Å²) in [7, 11) is 0. The second kappa shape index (κ2) is 4.74. The molecule has 0 spiro atoms. The van der Waals surface area contributed by atoms with Crippen LogP contribution in [0.4, 0.5) is 0 Å². The van der Waals surface area contributed by atoms with Gasteiger partial charge in [-0.1, -0.05) is 13.8 Å². The normalized spacial score (nSPS) is 11.2. The van der Waals surface area contributed by atoms with Crippen molar-refractivity contribution in [3.05, 3.63) is 20.2 Å². The van der Waals surface area contributed by atoms with Gasteiger partial charge in [0.1, 0.15) is 0 Å². The molecule has 0 aliphatic heterocycles. The maximum atomic E-state index is 10.3. The van der Waals surface area contributed by atoms with E-state index in [0.29, 0.717) is 12.8 Å². The van der Waals surface area contributed by atoms with E-state index in [1.54, 1.807) is 13.8 Å². The summed E-state index contributed by atoms with van der Waals surface area (Å²) in [6.45, 7) is 2.86. The van der Waals surface area contributed by atoms with Crippen molar-refractivity contribution in [2.75, 3.05) is 13.1 Å². The van der Waals surface area contributed by atoms with E-state index >= 15 is 0 Å². The largest absolute Gasteiger partial charge is 0.265 e. The summed E-state index contributed by atoms with van der Waals surface area (Å²) in [6, 6.07) is 0. The number of nitro groups is 2. The van der Waals surface area contributed by atoms with Crippen molar-refractivity contribution in [2.45, 2.75) is 26.7 Å². The van der Waals surface area contributed by atoms with E-state index in [1.165, 1.54) is 0 Å². The van der Waals surface area contributed by atoms with E-state index in [-0.39, 0.29) is 13.1 Å². The predicted molar refractivity (Wildman–Crippen MR) is 46.7 cm³/mol. The molecule has 0 unspecified atom stereocenters. The van der Waals surface area contributed by atoms with Gasteiger partial charge in [-0.05, 0) is 12.8 Å². The van der Waals surface area contributed by atoms with Crippen molar-refractivity contribution < 1.29 is 9.85 Å². The molecule has 0 aromatic heterocycles. The van der Waals surface area contributed by atoms with Crippen LogP contribution < -0.4 is 0 Å². The first-order valence-corrected chi connectivity index (χ1v) is 4.19. The number of hydrogen-bond acceptors (Lipinski definition) is 4. The van der Waals surface area contributed by atoms with Gasteiger partial charge in [0.2, 0.25) is 13.1 Å². The highest BCUT2D eigenvalue weighted by Gasteiger charge is 2.37. The van der Waals surface area contributed by atoms with Gasteiger partial charge in [0.25, 0.3) is 0 Å². The molecule has 0 atom stereocenters. The van der Waals surface area contributed by atoms with Gasteiger partial charge in [-0.15, -0.1) is 0 Å². The van der Waals surface area contributed by atoms with Crippen LogP contribution in [-0.4, -0.2) is 22.9 Å². The van der Waals surface area contributed by atoms with Crippen molar-refractivity contribution in [3.63, 3.8) is 0 Å². The zero-order valence-corrected chi connectivity index (χ0v) is 7.86. The minimum absolute atomic E-state index is 0.318. The van der Waals surface area contributed by atoms with Crippen LogP contribution in [0.15, 0.2) is 0 Å². The lowest BCUT2D eigenvalue weighted by molar-refractivity contribution is -0.540. The lowest BCUT2D eigenvalue weighted by Crippen LogP contribution is -2.35. The summed E-state index contributed by atoms with van der Waals surface area (Å²) in [5.41, 5.74) is -0.771. The summed E-state index contributed by atoms with van der Waals surface area (Å²) in [4.78, 5) is 19.6. The Morgan fingerprint density at radius 1 is 1.00 bits per heavy atom. The molecule has 0 aromatic carbocycles. The fraction of sp³-hybridized carbons (Fsp3) is 1.00. The lowest BCUT2D eigenvalue weighted by Gasteiger charge is -2.21. The summed E-state index contributed by atoms with van der Waals surface area (Å²) < 4.78 is 0. The summed E-state index contributed by atoms with van der Waals surface area (Å²) in [5.74, 6) is 0. The zero-order chi connectivity index (χ0) is 10.5. The average Bonchev–Trinajstić information content (AvgIpc) is 2.01. The topological polar surface area (TPSA) is 86.3 Å². The Morgan fingerprint density at radius 2 is 1.31 bits per heavy atom. The lowest BCUT2D eigenvalue weighted by atomic mass is 9.82. The molecular formula is C7H14N2O4. The highest BCUT2D eigenvalue weighted by molar-refractivity contribution is 4.74. The fourth-order valence-electron chi connectivity index (χ4n) is 1.29. The maximum absolute atomic E-state index is 10.3. The quantitative estimate of drug-likeness (QED) is 0.467. The van der Waals surface area contributed by atoms with Crippen LogP contribution in [0.1, 0.15) is 26.7 Å². The van der Waals surface area contributed by atoms with E-state index in [4.69, 9.17) is 0 Å². The van der Waals surface area contributed by atoms with Crippen molar-refractivity contribution in [1.29, 1.82) is 0 Å². The molecule has 0 N–H and O–H groups in total. The molecule has 13 heavy (non-hydrogen) atoms. The van der Waals surface area contributed by atoms with Crippen molar-refractivity contribution in [2.24, 2.45) is 5.41 Å². The van der Waals surface area contributed by atoms with Crippen molar-refractivity contribution in [1.82, 2.24) is 0 Å². The van der Waals surface area contributed by atoms with Gasteiger partial charge in [-0.3, -0.25) is 20.2 Å².